The van der Waals surface area contributed by atoms with E-state index in [1.54, 1.807) is 13.8 Å². The first kappa shape index (κ1) is 9.65. The van der Waals surface area contributed by atoms with Crippen molar-refractivity contribution in [3.63, 3.8) is 0 Å². The Morgan fingerprint density at radius 2 is 1.36 bits per heavy atom. The van der Waals surface area contributed by atoms with Gasteiger partial charge in [0.25, 0.3) is 0 Å². The summed E-state index contributed by atoms with van der Waals surface area (Å²) in [5.74, 6) is -0.913. The molecule has 0 bridgehead atoms. The van der Waals surface area contributed by atoms with Crippen molar-refractivity contribution in [3.8, 4) is 0 Å². The molecule has 2 fully saturated rings. The largest absolute Gasteiger partial charge is 0.392 e. The van der Waals surface area contributed by atoms with E-state index in [1.165, 1.54) is 0 Å². The third-order valence-corrected chi connectivity index (χ3v) is 4.15. The van der Waals surface area contributed by atoms with E-state index < -0.39 is 22.8 Å². The molecule has 2 aliphatic rings. The number of rotatable bonds is 0. The number of ether oxygens (including phenoxy) is 2. The first-order valence-corrected chi connectivity index (χ1v) is 4.77. The van der Waals surface area contributed by atoms with E-state index in [0.717, 1.165) is 0 Å². The average Bonchev–Trinajstić information content (AvgIpc) is 2.38. The zero-order valence-corrected chi connectivity index (χ0v) is 8.79. The minimum Gasteiger partial charge on any atom is -0.392 e. The van der Waals surface area contributed by atoms with Crippen LogP contribution in [-0.4, -0.2) is 24.1 Å². The van der Waals surface area contributed by atoms with Gasteiger partial charge in [-0.3, -0.25) is 9.59 Å². The molecule has 0 aromatic rings. The first-order valence-electron chi connectivity index (χ1n) is 4.77. The van der Waals surface area contributed by atoms with Crippen LogP contribution in [0.5, 0.6) is 0 Å². The van der Waals surface area contributed by atoms with Crippen LogP contribution in [0.4, 0.5) is 0 Å². The van der Waals surface area contributed by atoms with Gasteiger partial charge in [0.05, 0.1) is 12.2 Å². The van der Waals surface area contributed by atoms with Crippen LogP contribution in [0.15, 0.2) is 0 Å². The number of hydrogen-bond donors (Lipinski definition) is 0. The van der Waals surface area contributed by atoms with E-state index in [9.17, 15) is 9.59 Å². The highest BCUT2D eigenvalue weighted by Crippen LogP contribution is 2.57. The molecule has 2 saturated heterocycles. The van der Waals surface area contributed by atoms with Crippen molar-refractivity contribution in [1.82, 2.24) is 0 Å². The fourth-order valence-electron chi connectivity index (χ4n) is 2.48. The zero-order valence-electron chi connectivity index (χ0n) is 8.79. The predicted molar refractivity (Wildman–Crippen MR) is 47.3 cm³/mol. The van der Waals surface area contributed by atoms with E-state index >= 15 is 0 Å². The monoisotopic (exact) mass is 198 g/mol. The second-order valence-electron chi connectivity index (χ2n) is 4.50. The van der Waals surface area contributed by atoms with Gasteiger partial charge in [0.1, 0.15) is 10.8 Å². The Kier molecular flexibility index (Phi) is 1.63. The minimum absolute atomic E-state index is 0.276. The highest BCUT2D eigenvalue weighted by molar-refractivity contribution is 6.02. The number of fused-ring (bicyclic) bond motifs is 1. The Hall–Kier alpha value is -0.900. The van der Waals surface area contributed by atoms with Gasteiger partial charge in [0, 0.05) is 0 Å². The fraction of sp³-hybridized carbons (Fsp3) is 0.800. The van der Waals surface area contributed by atoms with Crippen LogP contribution in [0.3, 0.4) is 0 Å². The lowest BCUT2D eigenvalue weighted by Crippen LogP contribution is -2.44. The van der Waals surface area contributed by atoms with E-state index in [1.807, 2.05) is 13.8 Å². The van der Waals surface area contributed by atoms with Crippen molar-refractivity contribution in [1.29, 1.82) is 0 Å². The molecule has 0 aromatic carbocycles. The number of carbonyl (C=O) groups excluding carboxylic acids is 2. The summed E-state index contributed by atoms with van der Waals surface area (Å²) in [4.78, 5) is 23.3. The number of esters is 2. The lowest BCUT2D eigenvalue weighted by molar-refractivity contribution is -0.160. The third kappa shape index (κ3) is 0.704. The second kappa shape index (κ2) is 2.37. The maximum atomic E-state index is 11.6. The van der Waals surface area contributed by atoms with Crippen LogP contribution < -0.4 is 0 Å². The van der Waals surface area contributed by atoms with Gasteiger partial charge in [0.2, 0.25) is 0 Å². The highest BCUT2D eigenvalue weighted by Gasteiger charge is 2.72. The van der Waals surface area contributed by atoms with E-state index in [2.05, 4.69) is 0 Å². The van der Waals surface area contributed by atoms with Crippen LogP contribution in [0.2, 0.25) is 0 Å². The quantitative estimate of drug-likeness (QED) is 0.428. The summed E-state index contributed by atoms with van der Waals surface area (Å²) in [7, 11) is 0. The second-order valence-corrected chi connectivity index (χ2v) is 4.50. The molecule has 2 rings (SSSR count). The molecule has 78 valence electrons. The van der Waals surface area contributed by atoms with Gasteiger partial charge in [-0.2, -0.15) is 0 Å². The van der Waals surface area contributed by atoms with E-state index in [0.29, 0.717) is 0 Å². The maximum Gasteiger partial charge on any atom is 0.323 e. The summed E-state index contributed by atoms with van der Waals surface area (Å²) in [6.45, 7) is 7.10. The Labute approximate surface area is 82.6 Å². The van der Waals surface area contributed by atoms with E-state index in [4.69, 9.17) is 9.47 Å². The number of carbonyl (C=O) groups is 2. The van der Waals surface area contributed by atoms with Gasteiger partial charge >= 0.3 is 11.9 Å². The summed E-state index contributed by atoms with van der Waals surface area (Å²) in [6, 6.07) is 0. The first-order chi connectivity index (χ1) is 6.35. The van der Waals surface area contributed by atoms with Gasteiger partial charge < -0.3 is 9.47 Å². The van der Waals surface area contributed by atoms with Gasteiger partial charge in [-0.25, -0.2) is 0 Å². The topological polar surface area (TPSA) is 52.6 Å². The SMILES string of the molecule is CC1OC(C)C2(C)C(=O)OC(=O)C12C. The zero-order chi connectivity index (χ0) is 10.7. The standard InChI is InChI=1S/C10H14O4/c1-5-9(3)7(11)14-8(12)10(9,4)6(2)13-5/h5-6H,1-4H3. The normalized spacial score (nSPS) is 52.0. The van der Waals surface area contributed by atoms with Crippen molar-refractivity contribution in [2.45, 2.75) is 39.9 Å². The van der Waals surface area contributed by atoms with Crippen LogP contribution in [0, 0.1) is 10.8 Å². The Morgan fingerprint density at radius 1 is 1.00 bits per heavy atom. The van der Waals surface area contributed by atoms with Crippen molar-refractivity contribution in [2.75, 3.05) is 0 Å². The summed E-state index contributed by atoms with van der Waals surface area (Å²) < 4.78 is 10.3. The molecule has 14 heavy (non-hydrogen) atoms. The molecule has 0 saturated carbocycles. The molecule has 0 aromatic heterocycles. The summed E-state index contributed by atoms with van der Waals surface area (Å²) in [5, 5.41) is 0. The van der Waals surface area contributed by atoms with Crippen LogP contribution in [0.25, 0.3) is 0 Å². The van der Waals surface area contributed by atoms with Crippen LogP contribution in [-0.2, 0) is 19.1 Å². The summed E-state index contributed by atoms with van der Waals surface area (Å²) in [5.41, 5.74) is -1.66. The van der Waals surface area contributed by atoms with Gasteiger partial charge in [-0.1, -0.05) is 0 Å². The van der Waals surface area contributed by atoms with Crippen molar-refractivity contribution >= 4 is 11.9 Å². The van der Waals surface area contributed by atoms with E-state index in [-0.39, 0.29) is 12.2 Å². The number of cyclic esters (lactones) is 2. The molecule has 2 heterocycles. The van der Waals surface area contributed by atoms with Crippen molar-refractivity contribution < 1.29 is 19.1 Å². The Balaban J connectivity index is 2.59. The van der Waals surface area contributed by atoms with Crippen LogP contribution >= 0.6 is 0 Å². The molecule has 4 unspecified atom stereocenters. The molecular weight excluding hydrogens is 184 g/mol. The molecule has 2 aliphatic heterocycles. The third-order valence-electron chi connectivity index (χ3n) is 4.15. The molecule has 4 nitrogen and oxygen atoms in total. The minimum atomic E-state index is -0.830. The van der Waals surface area contributed by atoms with Gasteiger partial charge in [-0.05, 0) is 27.7 Å². The number of hydrogen-bond acceptors (Lipinski definition) is 4. The van der Waals surface area contributed by atoms with Crippen molar-refractivity contribution in [3.05, 3.63) is 0 Å². The lowest BCUT2D eigenvalue weighted by atomic mass is 9.64. The van der Waals surface area contributed by atoms with Crippen molar-refractivity contribution in [2.24, 2.45) is 10.8 Å². The maximum absolute atomic E-state index is 11.6. The Morgan fingerprint density at radius 3 is 1.71 bits per heavy atom. The lowest BCUT2D eigenvalue weighted by Gasteiger charge is -2.28. The summed E-state index contributed by atoms with van der Waals surface area (Å²) >= 11 is 0. The average molecular weight is 198 g/mol. The van der Waals surface area contributed by atoms with Crippen LogP contribution in [0.1, 0.15) is 27.7 Å². The smallest absolute Gasteiger partial charge is 0.323 e. The molecular formula is C10H14O4. The molecule has 0 radical (unpaired) electrons. The highest BCUT2D eigenvalue weighted by atomic mass is 16.6. The Bertz CT molecular complexity index is 294. The molecule has 0 amide bonds. The fourth-order valence-corrected chi connectivity index (χ4v) is 2.48. The van der Waals surface area contributed by atoms with Gasteiger partial charge in [-0.15, -0.1) is 0 Å². The molecule has 0 N–H and O–H groups in total. The van der Waals surface area contributed by atoms with Gasteiger partial charge in [0.15, 0.2) is 0 Å². The molecule has 4 atom stereocenters. The predicted octanol–water partition coefficient (Wildman–Crippen LogP) is 0.890. The molecule has 0 aliphatic carbocycles. The molecule has 4 heteroatoms. The molecule has 0 spiro atoms. The summed E-state index contributed by atoms with van der Waals surface area (Å²) in [6.07, 6.45) is -0.553.